The van der Waals surface area contributed by atoms with Gasteiger partial charge in [-0.05, 0) is 48.8 Å². The molecule has 1 atom stereocenters. The Morgan fingerprint density at radius 1 is 0.906 bits per heavy atom. The first-order valence-electron chi connectivity index (χ1n) is 11.1. The number of nitrogens with one attached hydrogen (secondary N) is 1. The summed E-state index contributed by atoms with van der Waals surface area (Å²) in [4.78, 5) is 16.0. The Bertz CT molecular complexity index is 1120. The zero-order valence-corrected chi connectivity index (χ0v) is 19.6. The van der Waals surface area contributed by atoms with Crippen LogP contribution in [0.3, 0.4) is 0 Å². The largest absolute Gasteiger partial charge is 0.492 e. The van der Waals surface area contributed by atoms with E-state index >= 15 is 0 Å². The van der Waals surface area contributed by atoms with Crippen LogP contribution in [0.2, 0.25) is 0 Å². The van der Waals surface area contributed by atoms with Crippen molar-refractivity contribution in [1.29, 1.82) is 0 Å². The molecule has 1 N–H and O–H groups in total. The number of hydrogen-bond donors (Lipinski definition) is 1. The summed E-state index contributed by atoms with van der Waals surface area (Å²) in [6.07, 6.45) is 0. The molecule has 1 unspecified atom stereocenters. The molecule has 1 heterocycles. The van der Waals surface area contributed by atoms with Crippen molar-refractivity contribution < 1.29 is 9.53 Å². The number of hydrogen-bond acceptors (Lipinski definition) is 3. The molecule has 0 fully saturated rings. The van der Waals surface area contributed by atoms with Crippen molar-refractivity contribution in [2.75, 3.05) is 32.6 Å². The lowest BCUT2D eigenvalue weighted by atomic mass is 9.68. The number of fused-ring (bicyclic) bond motifs is 1. The molecule has 4 rings (SSSR count). The van der Waals surface area contributed by atoms with E-state index in [0.717, 1.165) is 34.7 Å². The molecule has 3 aromatic carbocycles. The third-order valence-electron chi connectivity index (χ3n) is 6.17. The number of likely N-dealkylation sites (N-methyl/N-ethyl adjacent to an activating group) is 1. The van der Waals surface area contributed by atoms with Gasteiger partial charge in [-0.3, -0.25) is 4.79 Å². The predicted molar refractivity (Wildman–Crippen MR) is 131 cm³/mol. The van der Waals surface area contributed by atoms with Crippen molar-refractivity contribution in [2.24, 2.45) is 0 Å². The molecule has 0 saturated heterocycles. The van der Waals surface area contributed by atoms with E-state index in [4.69, 9.17) is 4.74 Å². The highest BCUT2D eigenvalue weighted by atomic mass is 16.5. The molecule has 32 heavy (non-hydrogen) atoms. The fourth-order valence-electron chi connectivity index (χ4n) is 4.41. The second kappa shape index (κ2) is 8.44. The van der Waals surface area contributed by atoms with Crippen molar-refractivity contribution in [1.82, 2.24) is 4.90 Å². The molecule has 166 valence electrons. The molecule has 4 heteroatoms. The van der Waals surface area contributed by atoms with E-state index in [9.17, 15) is 4.79 Å². The predicted octanol–water partition coefficient (Wildman–Crippen LogP) is 5.21. The van der Waals surface area contributed by atoms with Gasteiger partial charge in [0.1, 0.15) is 17.8 Å². The molecule has 3 aromatic rings. The molecule has 0 aromatic heterocycles. The molecule has 0 saturated carbocycles. The van der Waals surface area contributed by atoms with Crippen molar-refractivity contribution >= 4 is 11.6 Å². The lowest BCUT2D eigenvalue weighted by Gasteiger charge is -2.32. The highest BCUT2D eigenvalue weighted by Gasteiger charge is 2.51. The van der Waals surface area contributed by atoms with E-state index in [1.54, 1.807) is 0 Å². The van der Waals surface area contributed by atoms with Gasteiger partial charge in [0.2, 0.25) is 5.91 Å². The van der Waals surface area contributed by atoms with E-state index < -0.39 is 5.41 Å². The van der Waals surface area contributed by atoms with Gasteiger partial charge in [-0.1, -0.05) is 75.4 Å². The van der Waals surface area contributed by atoms with Crippen LogP contribution < -0.4 is 10.1 Å². The molecule has 1 amide bonds. The molecule has 0 radical (unpaired) electrons. The Kier molecular flexibility index (Phi) is 5.83. The topological polar surface area (TPSA) is 41.6 Å². The number of para-hydroxylation sites is 1. The van der Waals surface area contributed by atoms with Gasteiger partial charge >= 0.3 is 0 Å². The molecule has 4 nitrogen and oxygen atoms in total. The summed E-state index contributed by atoms with van der Waals surface area (Å²) in [6.45, 7) is 7.91. The van der Waals surface area contributed by atoms with Crippen LogP contribution in [0.15, 0.2) is 72.8 Å². The number of benzene rings is 3. The van der Waals surface area contributed by atoms with Gasteiger partial charge in [0.25, 0.3) is 0 Å². The highest BCUT2D eigenvalue weighted by Crippen LogP contribution is 2.50. The van der Waals surface area contributed by atoms with Crippen LogP contribution in [0, 0.1) is 0 Å². The molecular weight excluding hydrogens is 396 g/mol. The third kappa shape index (κ3) is 3.80. The first kappa shape index (κ1) is 22.1. The van der Waals surface area contributed by atoms with Gasteiger partial charge in [-0.2, -0.15) is 0 Å². The van der Waals surface area contributed by atoms with Crippen molar-refractivity contribution in [3.63, 3.8) is 0 Å². The maximum Gasteiger partial charge on any atom is 0.244 e. The van der Waals surface area contributed by atoms with Gasteiger partial charge in [0, 0.05) is 23.4 Å². The Balaban J connectivity index is 2.00. The monoisotopic (exact) mass is 428 g/mol. The minimum absolute atomic E-state index is 0.0478. The quantitative estimate of drug-likeness (QED) is 0.586. The SMILES string of the molecule is CN(C)CCOc1ccc(C(C)(C)C)cc1C1(c2ccccc2)C(=O)Nc2ccccc21. The normalized spacial score (nSPS) is 17.9. The van der Waals surface area contributed by atoms with Crippen LogP contribution in [0.5, 0.6) is 5.75 Å². The maximum absolute atomic E-state index is 13.9. The second-order valence-electron chi connectivity index (χ2n) is 9.73. The number of amides is 1. The Morgan fingerprint density at radius 2 is 1.59 bits per heavy atom. The molecule has 1 aliphatic heterocycles. The summed E-state index contributed by atoms with van der Waals surface area (Å²) >= 11 is 0. The van der Waals surface area contributed by atoms with E-state index in [-0.39, 0.29) is 11.3 Å². The standard InChI is InChI=1S/C28H32N2O2/c1-27(2,3)21-15-16-25(32-18-17-30(4)5)23(19-21)28(20-11-7-6-8-12-20)22-13-9-10-14-24(22)29-26(28)31/h6-16,19H,17-18H2,1-5H3,(H,29,31). The zero-order chi connectivity index (χ0) is 22.9. The zero-order valence-electron chi connectivity index (χ0n) is 19.6. The fraction of sp³-hybridized carbons (Fsp3) is 0.321. The lowest BCUT2D eigenvalue weighted by molar-refractivity contribution is -0.118. The minimum Gasteiger partial charge on any atom is -0.492 e. The number of nitrogens with zero attached hydrogens (tertiary/aromatic N) is 1. The third-order valence-corrected chi connectivity index (χ3v) is 6.17. The lowest BCUT2D eigenvalue weighted by Crippen LogP contribution is -2.38. The fourth-order valence-corrected chi connectivity index (χ4v) is 4.41. The second-order valence-corrected chi connectivity index (χ2v) is 9.73. The maximum atomic E-state index is 13.9. The van der Waals surface area contributed by atoms with Crippen molar-refractivity contribution in [2.45, 2.75) is 31.6 Å². The summed E-state index contributed by atoms with van der Waals surface area (Å²) in [5.41, 5.74) is 3.75. The van der Waals surface area contributed by atoms with E-state index in [1.807, 2.05) is 74.8 Å². The number of ether oxygens (including phenoxy) is 1. The van der Waals surface area contributed by atoms with Crippen LogP contribution >= 0.6 is 0 Å². The smallest absolute Gasteiger partial charge is 0.244 e. The number of carbonyl (C=O) groups is 1. The first-order chi connectivity index (χ1) is 15.2. The molecule has 1 aliphatic rings. The average molecular weight is 429 g/mol. The van der Waals surface area contributed by atoms with Crippen molar-refractivity contribution in [3.05, 3.63) is 95.1 Å². The van der Waals surface area contributed by atoms with Crippen LogP contribution in [-0.4, -0.2) is 38.1 Å². The number of carbonyl (C=O) groups excluding carboxylic acids is 1. The molecular formula is C28H32N2O2. The summed E-state index contributed by atoms with van der Waals surface area (Å²) in [6, 6.07) is 24.3. The van der Waals surface area contributed by atoms with E-state index in [0.29, 0.717) is 6.61 Å². The summed E-state index contributed by atoms with van der Waals surface area (Å²) in [5.74, 6) is 0.698. The number of anilines is 1. The van der Waals surface area contributed by atoms with Crippen LogP contribution in [-0.2, 0) is 15.6 Å². The van der Waals surface area contributed by atoms with E-state index in [1.165, 1.54) is 5.56 Å². The van der Waals surface area contributed by atoms with Gasteiger partial charge in [-0.25, -0.2) is 0 Å². The average Bonchev–Trinajstić information content (AvgIpc) is 3.06. The highest BCUT2D eigenvalue weighted by molar-refractivity contribution is 6.11. The van der Waals surface area contributed by atoms with Gasteiger partial charge in [-0.15, -0.1) is 0 Å². The van der Waals surface area contributed by atoms with Crippen LogP contribution in [0.25, 0.3) is 0 Å². The Hall–Kier alpha value is -3.11. The number of rotatable bonds is 6. The van der Waals surface area contributed by atoms with Gasteiger partial charge in [0.15, 0.2) is 0 Å². The van der Waals surface area contributed by atoms with Crippen LogP contribution in [0.1, 0.15) is 43.0 Å². The molecule has 0 spiro atoms. The summed E-state index contributed by atoms with van der Waals surface area (Å²) in [5, 5.41) is 3.14. The van der Waals surface area contributed by atoms with E-state index in [2.05, 4.69) is 43.1 Å². The summed E-state index contributed by atoms with van der Waals surface area (Å²) < 4.78 is 6.32. The summed E-state index contributed by atoms with van der Waals surface area (Å²) in [7, 11) is 4.05. The van der Waals surface area contributed by atoms with Gasteiger partial charge in [0.05, 0.1) is 0 Å². The first-order valence-corrected chi connectivity index (χ1v) is 11.1. The molecule has 0 bridgehead atoms. The Labute approximate surface area is 191 Å². The Morgan fingerprint density at radius 3 is 2.28 bits per heavy atom. The minimum atomic E-state index is -0.980. The van der Waals surface area contributed by atoms with Gasteiger partial charge < -0.3 is 15.0 Å². The van der Waals surface area contributed by atoms with Crippen LogP contribution in [0.4, 0.5) is 5.69 Å². The van der Waals surface area contributed by atoms with Crippen molar-refractivity contribution in [3.8, 4) is 5.75 Å². The molecule has 0 aliphatic carbocycles.